The quantitative estimate of drug-likeness (QED) is 0.743. The van der Waals surface area contributed by atoms with E-state index in [4.69, 9.17) is 10.5 Å². The number of carbonyl (C=O) groups excluding carboxylic acids is 2. The fourth-order valence-electron chi connectivity index (χ4n) is 3.67. The standard InChI is InChI=1S/C15H26N2O3/c1-2-20-13(18)6-7-17-15(19)12-8-10-4-3-5-11(9-12)14(10)16/h10-12,14H,2-9,16H2,1H3,(H,17,19). The molecule has 0 radical (unpaired) electrons. The number of hydrogen-bond donors (Lipinski definition) is 2. The van der Waals surface area contributed by atoms with E-state index < -0.39 is 0 Å². The van der Waals surface area contributed by atoms with Crippen LogP contribution < -0.4 is 11.1 Å². The van der Waals surface area contributed by atoms with Gasteiger partial charge >= 0.3 is 5.97 Å². The summed E-state index contributed by atoms with van der Waals surface area (Å²) in [5.74, 6) is 0.910. The molecule has 5 heteroatoms. The van der Waals surface area contributed by atoms with Crippen molar-refractivity contribution in [2.45, 2.75) is 51.5 Å². The fourth-order valence-corrected chi connectivity index (χ4v) is 3.67. The molecule has 114 valence electrons. The molecule has 2 bridgehead atoms. The SMILES string of the molecule is CCOC(=O)CCNC(=O)C1CC2CCCC(C1)C2N. The summed E-state index contributed by atoms with van der Waals surface area (Å²) in [6.07, 6.45) is 5.62. The average Bonchev–Trinajstić information content (AvgIpc) is 2.38. The predicted octanol–water partition coefficient (Wildman–Crippen LogP) is 1.21. The number of amides is 1. The van der Waals surface area contributed by atoms with Crippen LogP contribution in [0.1, 0.15) is 45.4 Å². The average molecular weight is 282 g/mol. The first kappa shape index (κ1) is 15.3. The Morgan fingerprint density at radius 3 is 2.50 bits per heavy atom. The summed E-state index contributed by atoms with van der Waals surface area (Å²) in [6, 6.07) is 0.285. The molecule has 20 heavy (non-hydrogen) atoms. The molecule has 0 saturated heterocycles. The van der Waals surface area contributed by atoms with Gasteiger partial charge in [-0.2, -0.15) is 0 Å². The minimum Gasteiger partial charge on any atom is -0.466 e. The van der Waals surface area contributed by atoms with Gasteiger partial charge in [-0.05, 0) is 44.4 Å². The Morgan fingerprint density at radius 2 is 1.90 bits per heavy atom. The smallest absolute Gasteiger partial charge is 0.307 e. The van der Waals surface area contributed by atoms with Gasteiger partial charge in [0, 0.05) is 18.5 Å². The second-order valence-electron chi connectivity index (χ2n) is 6.04. The molecule has 3 N–H and O–H groups in total. The van der Waals surface area contributed by atoms with E-state index in [0.717, 1.165) is 25.7 Å². The van der Waals surface area contributed by atoms with Gasteiger partial charge in [0.2, 0.25) is 5.91 Å². The number of esters is 1. The molecule has 0 heterocycles. The molecule has 2 aliphatic rings. The van der Waals surface area contributed by atoms with E-state index >= 15 is 0 Å². The van der Waals surface area contributed by atoms with Crippen LogP contribution in [0.4, 0.5) is 0 Å². The van der Waals surface area contributed by atoms with E-state index in [2.05, 4.69) is 5.32 Å². The number of hydrogen-bond acceptors (Lipinski definition) is 4. The Labute approximate surface area is 120 Å². The zero-order valence-corrected chi connectivity index (χ0v) is 12.3. The van der Waals surface area contributed by atoms with Crippen molar-refractivity contribution in [1.82, 2.24) is 5.32 Å². The molecule has 2 fully saturated rings. The lowest BCUT2D eigenvalue weighted by Gasteiger charge is -2.43. The number of nitrogens with one attached hydrogen (secondary N) is 1. The molecule has 2 rings (SSSR count). The molecule has 2 unspecified atom stereocenters. The van der Waals surface area contributed by atoms with Gasteiger partial charge in [-0.25, -0.2) is 0 Å². The third-order valence-corrected chi connectivity index (χ3v) is 4.72. The molecule has 0 aliphatic heterocycles. The van der Waals surface area contributed by atoms with Gasteiger partial charge in [-0.3, -0.25) is 9.59 Å². The lowest BCUT2D eigenvalue weighted by molar-refractivity contribution is -0.143. The minimum absolute atomic E-state index is 0.0762. The number of nitrogens with two attached hydrogens (primary N) is 1. The van der Waals surface area contributed by atoms with Crippen LogP contribution in [0.25, 0.3) is 0 Å². The highest BCUT2D eigenvalue weighted by molar-refractivity contribution is 5.79. The first-order valence-electron chi connectivity index (χ1n) is 7.80. The maximum atomic E-state index is 12.2. The first-order valence-corrected chi connectivity index (χ1v) is 7.80. The van der Waals surface area contributed by atoms with Crippen molar-refractivity contribution >= 4 is 11.9 Å². The van der Waals surface area contributed by atoms with E-state index in [-0.39, 0.29) is 30.3 Å². The third-order valence-electron chi connectivity index (χ3n) is 4.72. The van der Waals surface area contributed by atoms with Gasteiger partial charge in [0.15, 0.2) is 0 Å². The summed E-state index contributed by atoms with van der Waals surface area (Å²) in [7, 11) is 0. The van der Waals surface area contributed by atoms with Crippen LogP contribution in [0.3, 0.4) is 0 Å². The van der Waals surface area contributed by atoms with Crippen molar-refractivity contribution in [2.24, 2.45) is 23.5 Å². The Kier molecular flexibility index (Phi) is 5.40. The highest BCUT2D eigenvalue weighted by Gasteiger charge is 2.40. The lowest BCUT2D eigenvalue weighted by atomic mass is 9.65. The summed E-state index contributed by atoms with van der Waals surface area (Å²) in [4.78, 5) is 23.4. The molecule has 1 amide bonds. The van der Waals surface area contributed by atoms with Crippen LogP contribution in [-0.2, 0) is 14.3 Å². The summed E-state index contributed by atoms with van der Waals surface area (Å²) in [5.41, 5.74) is 6.23. The highest BCUT2D eigenvalue weighted by atomic mass is 16.5. The van der Waals surface area contributed by atoms with Crippen LogP contribution in [0, 0.1) is 17.8 Å². The first-order chi connectivity index (χ1) is 9.61. The van der Waals surface area contributed by atoms with Crippen LogP contribution in [-0.4, -0.2) is 31.1 Å². The number of ether oxygens (including phenoxy) is 1. The largest absolute Gasteiger partial charge is 0.466 e. The fraction of sp³-hybridized carbons (Fsp3) is 0.867. The number of carbonyl (C=O) groups is 2. The summed E-state index contributed by atoms with van der Waals surface area (Å²) < 4.78 is 4.84. The number of rotatable bonds is 5. The Morgan fingerprint density at radius 1 is 1.25 bits per heavy atom. The van der Waals surface area contributed by atoms with Gasteiger partial charge < -0.3 is 15.8 Å². The van der Waals surface area contributed by atoms with Gasteiger partial charge in [0.05, 0.1) is 13.0 Å². The second-order valence-corrected chi connectivity index (χ2v) is 6.04. The second kappa shape index (κ2) is 7.07. The van der Waals surface area contributed by atoms with E-state index in [0.29, 0.717) is 25.0 Å². The van der Waals surface area contributed by atoms with Crippen molar-refractivity contribution < 1.29 is 14.3 Å². The monoisotopic (exact) mass is 282 g/mol. The Hall–Kier alpha value is -1.10. The molecule has 0 spiro atoms. The topological polar surface area (TPSA) is 81.4 Å². The molecule has 5 nitrogen and oxygen atoms in total. The van der Waals surface area contributed by atoms with Crippen molar-refractivity contribution in [3.8, 4) is 0 Å². The van der Waals surface area contributed by atoms with E-state index in [1.807, 2.05) is 0 Å². The molecule has 0 aromatic carbocycles. The molecule has 2 aliphatic carbocycles. The van der Waals surface area contributed by atoms with Crippen LogP contribution in [0.15, 0.2) is 0 Å². The molecular formula is C15H26N2O3. The predicted molar refractivity (Wildman–Crippen MR) is 75.8 cm³/mol. The van der Waals surface area contributed by atoms with Gasteiger partial charge in [-0.1, -0.05) is 6.42 Å². The van der Waals surface area contributed by atoms with Crippen molar-refractivity contribution in [1.29, 1.82) is 0 Å². The molecular weight excluding hydrogens is 256 g/mol. The minimum atomic E-state index is -0.254. The van der Waals surface area contributed by atoms with Gasteiger partial charge in [0.25, 0.3) is 0 Å². The molecule has 2 atom stereocenters. The molecule has 2 saturated carbocycles. The van der Waals surface area contributed by atoms with E-state index in [1.54, 1.807) is 6.92 Å². The summed E-state index contributed by atoms with van der Waals surface area (Å²) in [6.45, 7) is 2.53. The van der Waals surface area contributed by atoms with Crippen molar-refractivity contribution in [3.05, 3.63) is 0 Å². The summed E-state index contributed by atoms with van der Waals surface area (Å²) in [5, 5.41) is 2.87. The molecule has 0 aromatic heterocycles. The zero-order chi connectivity index (χ0) is 14.5. The zero-order valence-electron chi connectivity index (χ0n) is 12.3. The van der Waals surface area contributed by atoms with Gasteiger partial charge in [-0.15, -0.1) is 0 Å². The molecule has 0 aromatic rings. The lowest BCUT2D eigenvalue weighted by Crippen LogP contribution is -2.49. The number of fused-ring (bicyclic) bond motifs is 2. The van der Waals surface area contributed by atoms with Crippen molar-refractivity contribution in [2.75, 3.05) is 13.2 Å². The van der Waals surface area contributed by atoms with Crippen LogP contribution >= 0.6 is 0 Å². The van der Waals surface area contributed by atoms with Crippen LogP contribution in [0.2, 0.25) is 0 Å². The Bertz CT molecular complexity index is 345. The van der Waals surface area contributed by atoms with Crippen molar-refractivity contribution in [3.63, 3.8) is 0 Å². The third kappa shape index (κ3) is 3.72. The van der Waals surface area contributed by atoms with Crippen LogP contribution in [0.5, 0.6) is 0 Å². The maximum absolute atomic E-state index is 12.2. The van der Waals surface area contributed by atoms with E-state index in [1.165, 1.54) is 6.42 Å². The van der Waals surface area contributed by atoms with E-state index in [9.17, 15) is 9.59 Å². The maximum Gasteiger partial charge on any atom is 0.307 e. The normalized spacial score (nSPS) is 32.5. The Balaban J connectivity index is 1.74. The van der Waals surface area contributed by atoms with Gasteiger partial charge in [0.1, 0.15) is 0 Å². The highest BCUT2D eigenvalue weighted by Crippen LogP contribution is 2.41. The summed E-state index contributed by atoms with van der Waals surface area (Å²) >= 11 is 0.